The van der Waals surface area contributed by atoms with Gasteiger partial charge in [0.25, 0.3) is 0 Å². The fourth-order valence-electron chi connectivity index (χ4n) is 2.24. The fourth-order valence-corrected chi connectivity index (χ4v) is 2.24. The summed E-state index contributed by atoms with van der Waals surface area (Å²) in [6, 6.07) is 10.7. The maximum absolute atomic E-state index is 6.04. The molecule has 3 heteroatoms. The van der Waals surface area contributed by atoms with Gasteiger partial charge in [0.05, 0.1) is 6.10 Å². The Labute approximate surface area is 97.2 Å². The molecular weight excluding hydrogens is 200 g/mol. The van der Waals surface area contributed by atoms with Gasteiger partial charge in [0.15, 0.2) is 0 Å². The first kappa shape index (κ1) is 11.6. The second kappa shape index (κ2) is 5.43. The van der Waals surface area contributed by atoms with Gasteiger partial charge in [-0.05, 0) is 12.5 Å². The molecule has 1 aromatic carbocycles. The van der Waals surface area contributed by atoms with Crippen LogP contribution in [-0.4, -0.2) is 36.7 Å². The van der Waals surface area contributed by atoms with Crippen molar-refractivity contribution in [3.63, 3.8) is 0 Å². The Hall–Kier alpha value is -0.900. The molecule has 1 heterocycles. The van der Waals surface area contributed by atoms with E-state index < -0.39 is 0 Å². The molecule has 0 amide bonds. The summed E-state index contributed by atoms with van der Waals surface area (Å²) in [6.07, 6.45) is 0.203. The molecule has 0 bridgehead atoms. The lowest BCUT2D eigenvalue weighted by Gasteiger charge is -2.15. The molecule has 3 nitrogen and oxygen atoms in total. The highest BCUT2D eigenvalue weighted by atomic mass is 16.5. The summed E-state index contributed by atoms with van der Waals surface area (Å²) < 4.78 is 5.62. The average molecular weight is 220 g/mol. The lowest BCUT2D eigenvalue weighted by molar-refractivity contribution is 0.0599. The molecule has 0 aromatic heterocycles. The number of hydrogen-bond donors (Lipinski definition) is 1. The minimum atomic E-state index is 0.156. The van der Waals surface area contributed by atoms with E-state index in [-0.39, 0.29) is 12.1 Å². The Morgan fingerprint density at radius 3 is 2.75 bits per heavy atom. The zero-order valence-electron chi connectivity index (χ0n) is 9.80. The van der Waals surface area contributed by atoms with Crippen molar-refractivity contribution >= 4 is 0 Å². The highest BCUT2D eigenvalue weighted by Gasteiger charge is 2.30. The van der Waals surface area contributed by atoms with E-state index in [0.717, 1.165) is 26.2 Å². The Morgan fingerprint density at radius 2 is 2.06 bits per heavy atom. The van der Waals surface area contributed by atoms with E-state index >= 15 is 0 Å². The van der Waals surface area contributed by atoms with Gasteiger partial charge in [-0.25, -0.2) is 0 Å². The van der Waals surface area contributed by atoms with Gasteiger partial charge in [-0.2, -0.15) is 0 Å². The van der Waals surface area contributed by atoms with Crippen LogP contribution in [0.1, 0.15) is 12.5 Å². The molecule has 16 heavy (non-hydrogen) atoms. The molecule has 2 N–H and O–H groups in total. The Bertz CT molecular complexity index is 315. The molecule has 88 valence electrons. The largest absolute Gasteiger partial charge is 0.376 e. The van der Waals surface area contributed by atoms with Gasteiger partial charge in [-0.1, -0.05) is 30.3 Å². The molecule has 1 aliphatic heterocycles. The van der Waals surface area contributed by atoms with E-state index in [0.29, 0.717) is 0 Å². The molecule has 1 aromatic rings. The quantitative estimate of drug-likeness (QED) is 0.829. The number of ether oxygens (including phenoxy) is 1. The van der Waals surface area contributed by atoms with E-state index in [2.05, 4.69) is 29.2 Å². The third kappa shape index (κ3) is 2.82. The van der Waals surface area contributed by atoms with E-state index in [1.807, 2.05) is 13.0 Å². The lowest BCUT2D eigenvalue weighted by atomic mass is 10.2. The van der Waals surface area contributed by atoms with Crippen molar-refractivity contribution in [2.75, 3.05) is 19.7 Å². The second-order valence-corrected chi connectivity index (χ2v) is 4.34. The molecule has 0 radical (unpaired) electrons. The predicted molar refractivity (Wildman–Crippen MR) is 65.1 cm³/mol. The molecule has 1 saturated heterocycles. The third-order valence-corrected chi connectivity index (χ3v) is 3.01. The van der Waals surface area contributed by atoms with E-state index in [1.54, 1.807) is 0 Å². The molecule has 2 rings (SSSR count). The highest BCUT2D eigenvalue weighted by molar-refractivity contribution is 5.14. The molecule has 1 aliphatic rings. The van der Waals surface area contributed by atoms with Crippen LogP contribution in [0, 0.1) is 0 Å². The van der Waals surface area contributed by atoms with Crippen LogP contribution in [0.3, 0.4) is 0 Å². The number of hydrogen-bond acceptors (Lipinski definition) is 3. The minimum Gasteiger partial charge on any atom is -0.376 e. The standard InChI is InChI=1S/C13H20N2O/c1-2-16-13-10-15(9-12(13)14)8-11-6-4-3-5-7-11/h3-7,12-13H,2,8-10,14H2,1H3/t12-,13+/m1/s1. The zero-order chi connectivity index (χ0) is 11.4. The smallest absolute Gasteiger partial charge is 0.0864 e. The van der Waals surface area contributed by atoms with Crippen LogP contribution in [0.4, 0.5) is 0 Å². The fraction of sp³-hybridized carbons (Fsp3) is 0.538. The van der Waals surface area contributed by atoms with Crippen molar-refractivity contribution in [2.45, 2.75) is 25.6 Å². The number of nitrogens with two attached hydrogens (primary N) is 1. The van der Waals surface area contributed by atoms with Gasteiger partial charge in [0.2, 0.25) is 0 Å². The maximum atomic E-state index is 6.04. The van der Waals surface area contributed by atoms with Gasteiger partial charge < -0.3 is 10.5 Å². The van der Waals surface area contributed by atoms with E-state index in [4.69, 9.17) is 10.5 Å². The van der Waals surface area contributed by atoms with Crippen LogP contribution in [0.25, 0.3) is 0 Å². The first-order valence-corrected chi connectivity index (χ1v) is 5.93. The molecule has 0 aliphatic carbocycles. The summed E-state index contributed by atoms with van der Waals surface area (Å²) in [5, 5.41) is 0. The van der Waals surface area contributed by atoms with Crippen molar-refractivity contribution in [2.24, 2.45) is 5.73 Å². The van der Waals surface area contributed by atoms with Gasteiger partial charge in [0.1, 0.15) is 0 Å². The minimum absolute atomic E-state index is 0.156. The van der Waals surface area contributed by atoms with Gasteiger partial charge in [0, 0.05) is 32.3 Å². The monoisotopic (exact) mass is 220 g/mol. The summed E-state index contributed by atoms with van der Waals surface area (Å²) in [4.78, 5) is 2.36. The number of nitrogens with zero attached hydrogens (tertiary/aromatic N) is 1. The second-order valence-electron chi connectivity index (χ2n) is 4.34. The van der Waals surface area contributed by atoms with Crippen molar-refractivity contribution in [3.05, 3.63) is 35.9 Å². The van der Waals surface area contributed by atoms with Crippen LogP contribution in [0.15, 0.2) is 30.3 Å². The summed E-state index contributed by atoms with van der Waals surface area (Å²) in [7, 11) is 0. The van der Waals surface area contributed by atoms with E-state index in [1.165, 1.54) is 5.56 Å². The predicted octanol–water partition coefficient (Wildman–Crippen LogP) is 1.23. The Morgan fingerprint density at radius 1 is 1.31 bits per heavy atom. The van der Waals surface area contributed by atoms with Crippen molar-refractivity contribution < 1.29 is 4.74 Å². The van der Waals surface area contributed by atoms with Crippen molar-refractivity contribution in [3.8, 4) is 0 Å². The summed E-state index contributed by atoms with van der Waals surface area (Å²) in [5.74, 6) is 0. The molecule has 0 saturated carbocycles. The average Bonchev–Trinajstić information content (AvgIpc) is 2.61. The summed E-state index contributed by atoms with van der Waals surface area (Å²) in [6.45, 7) is 5.62. The van der Waals surface area contributed by atoms with E-state index in [9.17, 15) is 0 Å². The summed E-state index contributed by atoms with van der Waals surface area (Å²) in [5.41, 5.74) is 7.38. The number of benzene rings is 1. The van der Waals surface area contributed by atoms with Crippen LogP contribution < -0.4 is 5.73 Å². The molecule has 2 atom stereocenters. The number of likely N-dealkylation sites (tertiary alicyclic amines) is 1. The Kier molecular flexibility index (Phi) is 3.93. The van der Waals surface area contributed by atoms with Crippen molar-refractivity contribution in [1.29, 1.82) is 0 Å². The van der Waals surface area contributed by atoms with Gasteiger partial charge in [-0.15, -0.1) is 0 Å². The first-order chi connectivity index (χ1) is 7.79. The summed E-state index contributed by atoms with van der Waals surface area (Å²) >= 11 is 0. The molecule has 0 unspecified atom stereocenters. The normalized spacial score (nSPS) is 26.1. The van der Waals surface area contributed by atoms with Crippen LogP contribution in [0.5, 0.6) is 0 Å². The lowest BCUT2D eigenvalue weighted by Crippen LogP contribution is -2.35. The molecular formula is C13H20N2O. The third-order valence-electron chi connectivity index (χ3n) is 3.01. The number of rotatable bonds is 4. The first-order valence-electron chi connectivity index (χ1n) is 5.93. The molecule has 0 spiro atoms. The van der Waals surface area contributed by atoms with Crippen LogP contribution in [0.2, 0.25) is 0 Å². The SMILES string of the molecule is CCO[C@H]1CN(Cc2ccccc2)C[C@H]1N. The highest BCUT2D eigenvalue weighted by Crippen LogP contribution is 2.15. The van der Waals surface area contributed by atoms with Crippen molar-refractivity contribution in [1.82, 2.24) is 4.90 Å². The Balaban J connectivity index is 1.89. The molecule has 1 fully saturated rings. The zero-order valence-corrected chi connectivity index (χ0v) is 9.80. The van der Waals surface area contributed by atoms with Crippen LogP contribution in [-0.2, 0) is 11.3 Å². The van der Waals surface area contributed by atoms with Gasteiger partial charge in [-0.3, -0.25) is 4.90 Å². The topological polar surface area (TPSA) is 38.5 Å². The van der Waals surface area contributed by atoms with Gasteiger partial charge >= 0.3 is 0 Å². The maximum Gasteiger partial charge on any atom is 0.0864 e. The van der Waals surface area contributed by atoms with Crippen LogP contribution >= 0.6 is 0 Å².